The van der Waals surface area contributed by atoms with Crippen molar-refractivity contribution in [1.29, 1.82) is 0 Å². The van der Waals surface area contributed by atoms with Gasteiger partial charge in [0.2, 0.25) is 0 Å². The Kier molecular flexibility index (Phi) is 4.75. The molecule has 0 saturated carbocycles. The molecule has 128 valence electrons. The number of carbonyl (C=O) groups excluding carboxylic acids is 1. The summed E-state index contributed by atoms with van der Waals surface area (Å²) in [5.41, 5.74) is -0.0289. The molecular formula is C16H19FN4O3. The molecular weight excluding hydrogens is 315 g/mol. The van der Waals surface area contributed by atoms with E-state index in [4.69, 9.17) is 9.47 Å². The first kappa shape index (κ1) is 16.4. The van der Waals surface area contributed by atoms with Crippen molar-refractivity contribution in [2.45, 2.75) is 32.0 Å². The molecule has 2 aromatic rings. The molecule has 1 amide bonds. The lowest BCUT2D eigenvalue weighted by Gasteiger charge is -2.23. The van der Waals surface area contributed by atoms with Gasteiger partial charge in [0.05, 0.1) is 19.2 Å². The number of rotatable bonds is 5. The molecule has 0 saturated heterocycles. The third-order valence-electron chi connectivity index (χ3n) is 3.94. The summed E-state index contributed by atoms with van der Waals surface area (Å²) in [4.78, 5) is 16.7. The van der Waals surface area contributed by atoms with Crippen LogP contribution in [0.4, 0.5) is 4.39 Å². The highest BCUT2D eigenvalue weighted by Gasteiger charge is 2.24. The lowest BCUT2D eigenvalue weighted by atomic mass is 10.1. The monoisotopic (exact) mass is 334 g/mol. The second-order valence-electron chi connectivity index (χ2n) is 5.59. The van der Waals surface area contributed by atoms with E-state index in [0.717, 1.165) is 12.2 Å². The second-order valence-corrected chi connectivity index (χ2v) is 5.59. The van der Waals surface area contributed by atoms with Gasteiger partial charge >= 0.3 is 0 Å². The number of aromatic nitrogens is 3. The molecule has 1 aromatic heterocycles. The Morgan fingerprint density at radius 3 is 3.04 bits per heavy atom. The van der Waals surface area contributed by atoms with E-state index >= 15 is 0 Å². The molecule has 24 heavy (non-hydrogen) atoms. The molecule has 0 aliphatic carbocycles. The van der Waals surface area contributed by atoms with Gasteiger partial charge in [-0.25, -0.2) is 14.1 Å². The van der Waals surface area contributed by atoms with Gasteiger partial charge in [-0.05, 0) is 18.6 Å². The third-order valence-corrected chi connectivity index (χ3v) is 3.94. The van der Waals surface area contributed by atoms with Crippen LogP contribution >= 0.6 is 0 Å². The van der Waals surface area contributed by atoms with Crippen molar-refractivity contribution in [1.82, 2.24) is 20.1 Å². The van der Waals surface area contributed by atoms with Gasteiger partial charge in [-0.2, -0.15) is 5.10 Å². The van der Waals surface area contributed by atoms with Crippen molar-refractivity contribution in [3.05, 3.63) is 41.2 Å². The number of hydrogen-bond acceptors (Lipinski definition) is 5. The van der Waals surface area contributed by atoms with E-state index in [1.165, 1.54) is 19.2 Å². The minimum atomic E-state index is -0.655. The van der Waals surface area contributed by atoms with Crippen LogP contribution in [-0.2, 0) is 24.3 Å². The van der Waals surface area contributed by atoms with Gasteiger partial charge in [-0.15, -0.1) is 0 Å². The predicted octanol–water partition coefficient (Wildman–Crippen LogP) is 1.32. The molecule has 3 rings (SSSR count). The van der Waals surface area contributed by atoms with Crippen LogP contribution in [0.5, 0.6) is 5.75 Å². The number of amides is 1. The fraction of sp³-hybridized carbons (Fsp3) is 0.438. The number of nitrogens with zero attached hydrogens (tertiary/aromatic N) is 3. The summed E-state index contributed by atoms with van der Waals surface area (Å²) in [6.07, 6.45) is 1.42. The first-order valence-corrected chi connectivity index (χ1v) is 7.67. The van der Waals surface area contributed by atoms with E-state index in [-0.39, 0.29) is 17.4 Å². The van der Waals surface area contributed by atoms with Crippen LogP contribution in [0, 0.1) is 5.82 Å². The Bertz CT molecular complexity index is 747. The molecule has 0 bridgehead atoms. The minimum absolute atomic E-state index is 0.0289. The van der Waals surface area contributed by atoms with Gasteiger partial charge in [0.25, 0.3) is 5.91 Å². The number of methoxy groups -OCH3 is 2. The third kappa shape index (κ3) is 3.23. The average Bonchev–Trinajstić information content (AvgIpc) is 2.97. The molecule has 7 nitrogen and oxygen atoms in total. The van der Waals surface area contributed by atoms with Crippen LogP contribution in [-0.4, -0.2) is 40.9 Å². The Balaban J connectivity index is 1.69. The molecule has 1 N–H and O–H groups in total. The second kappa shape index (κ2) is 6.96. The van der Waals surface area contributed by atoms with E-state index in [9.17, 15) is 9.18 Å². The molecule has 1 atom stereocenters. The molecule has 2 heterocycles. The number of halogens is 1. The van der Waals surface area contributed by atoms with Crippen molar-refractivity contribution in [3.63, 3.8) is 0 Å². The highest BCUT2D eigenvalue weighted by Crippen LogP contribution is 2.20. The summed E-state index contributed by atoms with van der Waals surface area (Å²) in [6, 6.07) is 4.37. The van der Waals surface area contributed by atoms with Crippen LogP contribution in [0.15, 0.2) is 18.2 Å². The quantitative estimate of drug-likeness (QED) is 0.892. The summed E-state index contributed by atoms with van der Waals surface area (Å²) in [6.45, 7) is 0.857. The minimum Gasteiger partial charge on any atom is -0.494 e. The lowest BCUT2D eigenvalue weighted by Crippen LogP contribution is -2.41. The van der Waals surface area contributed by atoms with Crippen molar-refractivity contribution in [2.75, 3.05) is 14.2 Å². The van der Waals surface area contributed by atoms with E-state index in [1.54, 1.807) is 17.9 Å². The van der Waals surface area contributed by atoms with E-state index in [2.05, 4.69) is 15.4 Å². The smallest absolute Gasteiger partial charge is 0.254 e. The number of aryl methyl sites for hydroxylation is 1. The molecule has 0 spiro atoms. The normalized spacial score (nSPS) is 16.5. The Labute approximate surface area is 138 Å². The predicted molar refractivity (Wildman–Crippen MR) is 83.3 cm³/mol. The van der Waals surface area contributed by atoms with Gasteiger partial charge in [0.1, 0.15) is 12.4 Å². The fourth-order valence-electron chi connectivity index (χ4n) is 2.78. The largest absolute Gasteiger partial charge is 0.494 e. The van der Waals surface area contributed by atoms with E-state index in [1.807, 2.05) is 0 Å². The lowest BCUT2D eigenvalue weighted by molar-refractivity contribution is 0.0921. The molecule has 1 aromatic carbocycles. The van der Waals surface area contributed by atoms with Crippen molar-refractivity contribution in [2.24, 2.45) is 0 Å². The molecule has 1 aliphatic heterocycles. The number of ether oxygens (including phenoxy) is 2. The maximum absolute atomic E-state index is 14.2. The molecule has 0 unspecified atom stereocenters. The standard InChI is InChI=1S/C16H19FN4O3/c1-23-9-13-19-14-7-6-10(8-21(14)20-13)18-16(22)11-4-3-5-12(24-2)15(11)17/h3-5,10H,6-9H2,1-2H3,(H,18,22)/t10-/m0/s1. The SMILES string of the molecule is COCc1nc2n(n1)C[C@@H](NC(=O)c1cccc(OC)c1F)CC2. The summed E-state index contributed by atoms with van der Waals surface area (Å²) in [7, 11) is 2.96. The maximum atomic E-state index is 14.2. The molecule has 1 aliphatic rings. The first-order chi connectivity index (χ1) is 11.6. The zero-order valence-electron chi connectivity index (χ0n) is 13.6. The van der Waals surface area contributed by atoms with Gasteiger partial charge in [0.15, 0.2) is 17.4 Å². The maximum Gasteiger partial charge on any atom is 0.254 e. The molecule has 0 radical (unpaired) electrons. The molecule has 8 heteroatoms. The van der Waals surface area contributed by atoms with Gasteiger partial charge in [0, 0.05) is 19.6 Å². The van der Waals surface area contributed by atoms with Crippen molar-refractivity contribution < 1.29 is 18.7 Å². The van der Waals surface area contributed by atoms with Crippen molar-refractivity contribution in [3.8, 4) is 5.75 Å². The topological polar surface area (TPSA) is 78.3 Å². The summed E-state index contributed by atoms with van der Waals surface area (Å²) in [5.74, 6) is 0.432. The highest BCUT2D eigenvalue weighted by atomic mass is 19.1. The van der Waals surface area contributed by atoms with Crippen LogP contribution in [0.25, 0.3) is 0 Å². The Hall–Kier alpha value is -2.48. The highest BCUT2D eigenvalue weighted by molar-refractivity contribution is 5.95. The van der Waals surface area contributed by atoms with Gasteiger partial charge in [-0.3, -0.25) is 4.79 Å². The summed E-state index contributed by atoms with van der Waals surface area (Å²) >= 11 is 0. The number of nitrogens with one attached hydrogen (secondary N) is 1. The van der Waals surface area contributed by atoms with Crippen LogP contribution in [0.3, 0.4) is 0 Å². The summed E-state index contributed by atoms with van der Waals surface area (Å²) < 4.78 is 25.9. The fourth-order valence-corrected chi connectivity index (χ4v) is 2.78. The van der Waals surface area contributed by atoms with Gasteiger partial charge in [-0.1, -0.05) is 6.07 Å². The van der Waals surface area contributed by atoms with E-state index in [0.29, 0.717) is 25.4 Å². The van der Waals surface area contributed by atoms with Crippen molar-refractivity contribution >= 4 is 5.91 Å². The summed E-state index contributed by atoms with van der Waals surface area (Å²) in [5, 5.41) is 7.21. The van der Waals surface area contributed by atoms with E-state index < -0.39 is 11.7 Å². The Morgan fingerprint density at radius 2 is 2.29 bits per heavy atom. The van der Waals surface area contributed by atoms with Crippen LogP contribution in [0.2, 0.25) is 0 Å². The number of fused-ring (bicyclic) bond motifs is 1. The zero-order valence-corrected chi connectivity index (χ0v) is 13.6. The first-order valence-electron chi connectivity index (χ1n) is 7.67. The van der Waals surface area contributed by atoms with Crippen LogP contribution in [0.1, 0.15) is 28.4 Å². The molecule has 0 fully saturated rings. The number of carbonyl (C=O) groups is 1. The number of benzene rings is 1. The zero-order chi connectivity index (χ0) is 17.1. The van der Waals surface area contributed by atoms with Crippen LogP contribution < -0.4 is 10.1 Å². The Morgan fingerprint density at radius 1 is 1.46 bits per heavy atom. The number of hydrogen-bond donors (Lipinski definition) is 1. The van der Waals surface area contributed by atoms with Gasteiger partial charge < -0.3 is 14.8 Å². The average molecular weight is 334 g/mol.